The van der Waals surface area contributed by atoms with Gasteiger partial charge in [0.25, 0.3) is 5.91 Å². The largest absolute Gasteiger partial charge is 0.496 e. The maximum Gasteiger partial charge on any atom is 0.339 e. The third-order valence-corrected chi connectivity index (χ3v) is 4.00. The second-order valence-electron chi connectivity index (χ2n) is 5.28. The van der Waals surface area contributed by atoms with Gasteiger partial charge in [-0.15, -0.1) is 0 Å². The van der Waals surface area contributed by atoms with E-state index in [2.05, 4.69) is 15.9 Å². The summed E-state index contributed by atoms with van der Waals surface area (Å²) in [6.07, 6.45) is -0.991. The van der Waals surface area contributed by atoms with Gasteiger partial charge >= 0.3 is 5.97 Å². The van der Waals surface area contributed by atoms with Gasteiger partial charge in [-0.25, -0.2) is 4.79 Å². The summed E-state index contributed by atoms with van der Waals surface area (Å²) in [5.74, 6) is -0.278. The van der Waals surface area contributed by atoms with Crippen LogP contribution in [-0.4, -0.2) is 38.0 Å². The summed E-state index contributed by atoms with van der Waals surface area (Å²) >= 11 is 3.33. The first kappa shape index (κ1) is 18.0. The zero-order chi connectivity index (χ0) is 17.7. The summed E-state index contributed by atoms with van der Waals surface area (Å²) in [6.45, 7) is 0. The standard InChI is InChI=1S/C18H18BrNO4/c1-20(2)17(21)16(12-7-5-4-6-8-12)24-18(22)13-9-10-15(23-3)14(19)11-13/h4-11,16H,1-3H3/t16-/m1/s1. The number of benzene rings is 2. The lowest BCUT2D eigenvalue weighted by molar-refractivity contribution is -0.138. The molecule has 2 aromatic rings. The molecule has 0 heterocycles. The smallest absolute Gasteiger partial charge is 0.339 e. The number of carbonyl (C=O) groups is 2. The van der Waals surface area contributed by atoms with E-state index in [1.54, 1.807) is 63.7 Å². The fourth-order valence-electron chi connectivity index (χ4n) is 2.09. The molecule has 0 aromatic heterocycles. The van der Waals surface area contributed by atoms with Gasteiger partial charge in [-0.2, -0.15) is 0 Å². The molecule has 0 fully saturated rings. The van der Waals surface area contributed by atoms with Gasteiger partial charge in [-0.3, -0.25) is 4.79 Å². The molecule has 126 valence electrons. The molecular weight excluding hydrogens is 374 g/mol. The van der Waals surface area contributed by atoms with E-state index in [1.807, 2.05) is 6.07 Å². The molecular formula is C18H18BrNO4. The lowest BCUT2D eigenvalue weighted by Crippen LogP contribution is -2.31. The summed E-state index contributed by atoms with van der Waals surface area (Å²) in [5.41, 5.74) is 0.951. The van der Waals surface area contributed by atoms with E-state index >= 15 is 0 Å². The van der Waals surface area contributed by atoms with Gasteiger partial charge in [0.05, 0.1) is 17.1 Å². The van der Waals surface area contributed by atoms with Gasteiger partial charge in [0.1, 0.15) is 5.75 Å². The molecule has 0 saturated heterocycles. The van der Waals surface area contributed by atoms with Crippen molar-refractivity contribution < 1.29 is 19.1 Å². The summed E-state index contributed by atoms with van der Waals surface area (Å²) in [7, 11) is 4.78. The van der Waals surface area contributed by atoms with Crippen molar-refractivity contribution in [2.24, 2.45) is 0 Å². The van der Waals surface area contributed by atoms with Crippen LogP contribution in [0.15, 0.2) is 53.0 Å². The molecule has 0 radical (unpaired) electrons. The third-order valence-electron chi connectivity index (χ3n) is 3.38. The fourth-order valence-corrected chi connectivity index (χ4v) is 2.63. The summed E-state index contributed by atoms with van der Waals surface area (Å²) < 4.78 is 11.3. The van der Waals surface area contributed by atoms with E-state index in [9.17, 15) is 9.59 Å². The molecule has 1 atom stereocenters. The Morgan fingerprint density at radius 3 is 2.29 bits per heavy atom. The van der Waals surface area contributed by atoms with Gasteiger partial charge in [-0.1, -0.05) is 30.3 Å². The van der Waals surface area contributed by atoms with Crippen LogP contribution in [0.5, 0.6) is 5.75 Å². The highest BCUT2D eigenvalue weighted by atomic mass is 79.9. The number of carbonyl (C=O) groups excluding carboxylic acids is 2. The molecule has 0 aliphatic carbocycles. The van der Waals surface area contributed by atoms with Crippen molar-refractivity contribution in [1.29, 1.82) is 0 Å². The van der Waals surface area contributed by atoms with Crippen molar-refractivity contribution in [3.8, 4) is 5.75 Å². The van der Waals surface area contributed by atoms with Crippen LogP contribution in [0.4, 0.5) is 0 Å². The minimum Gasteiger partial charge on any atom is -0.496 e. The molecule has 0 bridgehead atoms. The van der Waals surface area contributed by atoms with Crippen LogP contribution in [0, 0.1) is 0 Å². The van der Waals surface area contributed by atoms with E-state index in [-0.39, 0.29) is 5.91 Å². The SMILES string of the molecule is COc1ccc(C(=O)O[C@@H](C(=O)N(C)C)c2ccccc2)cc1Br. The summed E-state index contributed by atoms with van der Waals surface area (Å²) in [5, 5.41) is 0. The third kappa shape index (κ3) is 4.14. The van der Waals surface area contributed by atoms with Gasteiger partial charge in [0.15, 0.2) is 0 Å². The molecule has 1 amide bonds. The Balaban J connectivity index is 2.27. The maximum absolute atomic E-state index is 12.5. The Labute approximate surface area is 149 Å². The number of esters is 1. The molecule has 0 saturated carbocycles. The Hall–Kier alpha value is -2.34. The van der Waals surface area contributed by atoms with E-state index in [4.69, 9.17) is 9.47 Å². The molecule has 2 rings (SSSR count). The van der Waals surface area contributed by atoms with E-state index in [1.165, 1.54) is 4.90 Å². The number of hydrogen-bond acceptors (Lipinski definition) is 4. The normalized spacial score (nSPS) is 11.5. The molecule has 24 heavy (non-hydrogen) atoms. The topological polar surface area (TPSA) is 55.8 Å². The quantitative estimate of drug-likeness (QED) is 0.732. The zero-order valence-corrected chi connectivity index (χ0v) is 15.2. The van der Waals surface area contributed by atoms with E-state index in [0.717, 1.165) is 0 Å². The van der Waals surface area contributed by atoms with Crippen LogP contribution in [0.3, 0.4) is 0 Å². The fraction of sp³-hybridized carbons (Fsp3) is 0.222. The summed E-state index contributed by atoms with van der Waals surface area (Å²) in [6, 6.07) is 13.8. The van der Waals surface area contributed by atoms with Crippen LogP contribution in [0.2, 0.25) is 0 Å². The molecule has 0 N–H and O–H groups in total. The second-order valence-corrected chi connectivity index (χ2v) is 6.13. The number of nitrogens with zero attached hydrogens (tertiary/aromatic N) is 1. The predicted molar refractivity (Wildman–Crippen MR) is 94.0 cm³/mol. The minimum absolute atomic E-state index is 0.304. The highest BCUT2D eigenvalue weighted by Gasteiger charge is 2.27. The van der Waals surface area contributed by atoms with Gasteiger partial charge < -0.3 is 14.4 Å². The van der Waals surface area contributed by atoms with Crippen molar-refractivity contribution in [1.82, 2.24) is 4.90 Å². The van der Waals surface area contributed by atoms with Crippen molar-refractivity contribution in [3.63, 3.8) is 0 Å². The first-order chi connectivity index (χ1) is 11.4. The van der Waals surface area contributed by atoms with Crippen molar-refractivity contribution >= 4 is 27.8 Å². The number of halogens is 1. The number of methoxy groups -OCH3 is 1. The Morgan fingerprint density at radius 1 is 1.08 bits per heavy atom. The lowest BCUT2D eigenvalue weighted by Gasteiger charge is -2.21. The van der Waals surface area contributed by atoms with Crippen LogP contribution < -0.4 is 4.74 Å². The number of likely N-dealkylation sites (N-methyl/N-ethyl adjacent to an activating group) is 1. The van der Waals surface area contributed by atoms with Crippen molar-refractivity contribution in [3.05, 3.63) is 64.1 Å². The van der Waals surface area contributed by atoms with Crippen LogP contribution in [0.1, 0.15) is 22.0 Å². The summed E-state index contributed by atoms with van der Waals surface area (Å²) in [4.78, 5) is 26.2. The predicted octanol–water partition coefficient (Wildman–Crippen LogP) is 3.44. The maximum atomic E-state index is 12.5. The average Bonchev–Trinajstić information content (AvgIpc) is 2.59. The highest BCUT2D eigenvalue weighted by molar-refractivity contribution is 9.10. The molecule has 5 nitrogen and oxygen atoms in total. The minimum atomic E-state index is -0.991. The average molecular weight is 392 g/mol. The lowest BCUT2D eigenvalue weighted by atomic mass is 10.1. The number of amides is 1. The highest BCUT2D eigenvalue weighted by Crippen LogP contribution is 2.27. The Morgan fingerprint density at radius 2 is 1.75 bits per heavy atom. The second kappa shape index (κ2) is 7.97. The van der Waals surface area contributed by atoms with E-state index < -0.39 is 12.1 Å². The van der Waals surface area contributed by atoms with Crippen molar-refractivity contribution in [2.75, 3.05) is 21.2 Å². The molecule has 2 aromatic carbocycles. The Kier molecular flexibility index (Phi) is 5.98. The number of hydrogen-bond donors (Lipinski definition) is 0. The first-order valence-electron chi connectivity index (χ1n) is 7.24. The van der Waals surface area contributed by atoms with Gasteiger partial charge in [0.2, 0.25) is 6.10 Å². The molecule has 0 spiro atoms. The van der Waals surface area contributed by atoms with Gasteiger partial charge in [-0.05, 0) is 34.1 Å². The van der Waals surface area contributed by atoms with Crippen LogP contribution >= 0.6 is 15.9 Å². The molecule has 0 aliphatic heterocycles. The molecule has 6 heteroatoms. The zero-order valence-electron chi connectivity index (χ0n) is 13.7. The Bertz CT molecular complexity index is 731. The monoisotopic (exact) mass is 391 g/mol. The molecule has 0 aliphatic rings. The van der Waals surface area contributed by atoms with Crippen LogP contribution in [-0.2, 0) is 9.53 Å². The first-order valence-corrected chi connectivity index (χ1v) is 8.04. The van der Waals surface area contributed by atoms with Gasteiger partial charge in [0, 0.05) is 19.7 Å². The van der Waals surface area contributed by atoms with E-state index in [0.29, 0.717) is 21.3 Å². The van der Waals surface area contributed by atoms with Crippen molar-refractivity contribution in [2.45, 2.75) is 6.10 Å². The number of ether oxygens (including phenoxy) is 2. The number of rotatable bonds is 5. The van der Waals surface area contributed by atoms with Crippen LogP contribution in [0.25, 0.3) is 0 Å². The molecule has 0 unspecified atom stereocenters.